The highest BCUT2D eigenvalue weighted by Crippen LogP contribution is 2.40. The molecule has 0 saturated heterocycles. The number of ether oxygens (including phenoxy) is 1. The molecule has 9 nitrogen and oxygen atoms in total. The van der Waals surface area contributed by atoms with Crippen molar-refractivity contribution in [1.82, 2.24) is 24.6 Å². The van der Waals surface area contributed by atoms with Gasteiger partial charge in [-0.25, -0.2) is 19.5 Å². The topological polar surface area (TPSA) is 107 Å². The first-order chi connectivity index (χ1) is 18.9. The van der Waals surface area contributed by atoms with Gasteiger partial charge < -0.3 is 19.6 Å². The molecular weight excluding hydrogens is 520 g/mol. The zero-order chi connectivity index (χ0) is 28.7. The van der Waals surface area contributed by atoms with Crippen LogP contribution >= 0.6 is 0 Å². The summed E-state index contributed by atoms with van der Waals surface area (Å²) in [7, 11) is -1.79. The quantitative estimate of drug-likeness (QED) is 0.234. The van der Waals surface area contributed by atoms with Crippen LogP contribution in [-0.2, 0) is 4.43 Å². The second-order valence-corrected chi connectivity index (χ2v) is 17.1. The molecule has 1 aliphatic carbocycles. The number of hydrogen-bond acceptors (Lipinski definition) is 8. The van der Waals surface area contributed by atoms with Gasteiger partial charge in [-0.15, -0.1) is 0 Å². The van der Waals surface area contributed by atoms with E-state index in [1.807, 2.05) is 44.3 Å². The van der Waals surface area contributed by atoms with Gasteiger partial charge in [0.05, 0.1) is 17.8 Å². The molecule has 1 fully saturated rings. The molecule has 40 heavy (non-hydrogen) atoms. The lowest BCUT2D eigenvalue weighted by Crippen LogP contribution is -2.45. The van der Waals surface area contributed by atoms with Gasteiger partial charge in [-0.05, 0) is 75.4 Å². The van der Waals surface area contributed by atoms with Gasteiger partial charge in [0.1, 0.15) is 17.4 Å². The molecule has 0 aromatic carbocycles. The largest absolute Gasteiger partial charge is 0.493 e. The van der Waals surface area contributed by atoms with Crippen LogP contribution in [0.1, 0.15) is 58.0 Å². The standard InChI is InChI=1S/C30H40N6O3Si/c1-19-14-27(33-20(2)32-19)34-28-16-22-15-21(12-13-36(22)35-28)25-17-29(37)31-18-26(25)38-23-8-10-24(11-9-23)39-40(6,7)30(3,4)5/h12-18,23-24H,8-11H2,1-7H3,(H,31,37)(H,32,33,34,35)/t23-,24-. The average molecular weight is 561 g/mol. The van der Waals surface area contributed by atoms with Crippen molar-refractivity contribution in [3.05, 3.63) is 54.2 Å². The third kappa shape index (κ3) is 6.28. The number of hydrogen-bond donors (Lipinski definition) is 2. The zero-order valence-corrected chi connectivity index (χ0v) is 25.5. The molecule has 10 heteroatoms. The fourth-order valence-electron chi connectivity index (χ4n) is 4.93. The van der Waals surface area contributed by atoms with Crippen molar-refractivity contribution in [2.75, 3.05) is 5.32 Å². The Bertz CT molecular complexity index is 1490. The highest BCUT2D eigenvalue weighted by molar-refractivity contribution is 6.74. The summed E-state index contributed by atoms with van der Waals surface area (Å²) < 4.78 is 15.0. The van der Waals surface area contributed by atoms with E-state index in [1.54, 1.807) is 16.8 Å². The number of nitrogens with zero attached hydrogens (tertiary/aromatic N) is 5. The number of pyridine rings is 2. The van der Waals surface area contributed by atoms with Crippen LogP contribution in [0.2, 0.25) is 18.1 Å². The molecule has 0 spiro atoms. The van der Waals surface area contributed by atoms with E-state index < -0.39 is 8.32 Å². The van der Waals surface area contributed by atoms with Crippen molar-refractivity contribution in [2.45, 2.75) is 90.6 Å². The Morgan fingerprint density at radius 3 is 2.40 bits per heavy atom. The summed E-state index contributed by atoms with van der Waals surface area (Å²) in [5.41, 5.74) is 3.50. The summed E-state index contributed by atoms with van der Waals surface area (Å²) >= 11 is 0. The van der Waals surface area contributed by atoms with Crippen molar-refractivity contribution in [3.8, 4) is 22.8 Å². The minimum Gasteiger partial charge on any atom is -0.493 e. The Balaban J connectivity index is 1.31. The van der Waals surface area contributed by atoms with E-state index in [0.717, 1.165) is 48.0 Å². The summed E-state index contributed by atoms with van der Waals surface area (Å²) in [6.45, 7) is 15.3. The van der Waals surface area contributed by atoms with E-state index in [1.165, 1.54) is 0 Å². The number of aromatic nitrogens is 5. The highest BCUT2D eigenvalue weighted by Gasteiger charge is 2.40. The van der Waals surface area contributed by atoms with E-state index in [0.29, 0.717) is 29.3 Å². The van der Waals surface area contributed by atoms with E-state index in [-0.39, 0.29) is 17.0 Å². The molecule has 0 unspecified atom stereocenters. The van der Waals surface area contributed by atoms with Gasteiger partial charge in [0.2, 0.25) is 5.88 Å². The van der Waals surface area contributed by atoms with Crippen LogP contribution in [0.5, 0.6) is 11.6 Å². The SMILES string of the molecule is Cc1cc(Nc2cc3cc(-c4cc(O)ncc4O[C@H]4CC[C@H](O[Si](C)(C)C(C)(C)C)CC4)ccn3n2)nc(C)n1. The Kier molecular flexibility index (Phi) is 7.58. The van der Waals surface area contributed by atoms with Gasteiger partial charge >= 0.3 is 0 Å². The van der Waals surface area contributed by atoms with Crippen molar-refractivity contribution in [1.29, 1.82) is 0 Å². The average Bonchev–Trinajstić information content (AvgIpc) is 3.26. The molecule has 4 aromatic heterocycles. The molecule has 5 rings (SSSR count). The van der Waals surface area contributed by atoms with Gasteiger partial charge in [0.25, 0.3) is 0 Å². The maximum Gasteiger partial charge on any atom is 0.211 e. The number of fused-ring (bicyclic) bond motifs is 1. The predicted molar refractivity (Wildman–Crippen MR) is 160 cm³/mol. The molecular formula is C30H40N6O3Si. The van der Waals surface area contributed by atoms with Crippen LogP contribution in [0.3, 0.4) is 0 Å². The minimum absolute atomic E-state index is 0.0425. The van der Waals surface area contributed by atoms with E-state index in [4.69, 9.17) is 9.16 Å². The van der Waals surface area contributed by atoms with Gasteiger partial charge in [-0.2, -0.15) is 5.10 Å². The van der Waals surface area contributed by atoms with Crippen LogP contribution in [0, 0.1) is 13.8 Å². The summed E-state index contributed by atoms with van der Waals surface area (Å²) in [6, 6.07) is 9.50. The molecule has 0 aliphatic heterocycles. The molecule has 1 saturated carbocycles. The number of aryl methyl sites for hydroxylation is 2. The van der Waals surface area contributed by atoms with Gasteiger partial charge in [0.15, 0.2) is 14.1 Å². The van der Waals surface area contributed by atoms with Crippen LogP contribution < -0.4 is 10.1 Å². The summed E-state index contributed by atoms with van der Waals surface area (Å²) in [5, 5.41) is 18.3. The van der Waals surface area contributed by atoms with Crippen LogP contribution in [0.4, 0.5) is 11.6 Å². The maximum atomic E-state index is 10.2. The molecule has 4 heterocycles. The lowest BCUT2D eigenvalue weighted by Gasteiger charge is -2.41. The Morgan fingerprint density at radius 1 is 0.975 bits per heavy atom. The highest BCUT2D eigenvalue weighted by atomic mass is 28.4. The second-order valence-electron chi connectivity index (χ2n) is 12.3. The lowest BCUT2D eigenvalue weighted by atomic mass is 9.95. The fraction of sp³-hybridized carbons (Fsp3) is 0.467. The first-order valence-corrected chi connectivity index (χ1v) is 16.9. The number of nitrogens with one attached hydrogen (secondary N) is 1. The van der Waals surface area contributed by atoms with Crippen LogP contribution in [-0.4, -0.2) is 50.2 Å². The number of anilines is 2. The minimum atomic E-state index is -1.79. The molecule has 0 bridgehead atoms. The Hall–Kier alpha value is -3.50. The van der Waals surface area contributed by atoms with Crippen molar-refractivity contribution in [3.63, 3.8) is 0 Å². The smallest absolute Gasteiger partial charge is 0.211 e. The Morgan fingerprint density at radius 2 is 1.70 bits per heavy atom. The molecule has 4 aromatic rings. The molecule has 0 amide bonds. The predicted octanol–water partition coefficient (Wildman–Crippen LogP) is 6.96. The summed E-state index contributed by atoms with van der Waals surface area (Å²) in [5.74, 6) is 2.71. The van der Waals surface area contributed by atoms with Crippen molar-refractivity contribution < 1.29 is 14.3 Å². The molecule has 2 N–H and O–H groups in total. The van der Waals surface area contributed by atoms with E-state index in [9.17, 15) is 5.11 Å². The Labute approximate surface area is 237 Å². The molecule has 1 aliphatic rings. The zero-order valence-electron chi connectivity index (χ0n) is 24.5. The molecule has 0 radical (unpaired) electrons. The van der Waals surface area contributed by atoms with Gasteiger partial charge in [0, 0.05) is 41.8 Å². The molecule has 212 valence electrons. The van der Waals surface area contributed by atoms with E-state index in [2.05, 4.69) is 59.2 Å². The first kappa shape index (κ1) is 28.0. The monoisotopic (exact) mass is 560 g/mol. The van der Waals surface area contributed by atoms with E-state index >= 15 is 0 Å². The fourth-order valence-corrected chi connectivity index (χ4v) is 6.35. The maximum absolute atomic E-state index is 10.2. The number of rotatable bonds is 7. The summed E-state index contributed by atoms with van der Waals surface area (Å²) in [4.78, 5) is 12.9. The van der Waals surface area contributed by atoms with Gasteiger partial charge in [-0.1, -0.05) is 20.8 Å². The van der Waals surface area contributed by atoms with Gasteiger partial charge in [-0.3, -0.25) is 0 Å². The lowest BCUT2D eigenvalue weighted by molar-refractivity contribution is 0.0726. The third-order valence-electron chi connectivity index (χ3n) is 8.03. The van der Waals surface area contributed by atoms with Crippen molar-refractivity contribution in [2.24, 2.45) is 0 Å². The van der Waals surface area contributed by atoms with Crippen molar-refractivity contribution >= 4 is 25.5 Å². The molecule has 0 atom stereocenters. The van der Waals surface area contributed by atoms with Crippen LogP contribution in [0.15, 0.2) is 42.7 Å². The number of aromatic hydroxyl groups is 1. The second kappa shape index (κ2) is 10.8. The summed E-state index contributed by atoms with van der Waals surface area (Å²) in [6.07, 6.45) is 7.73. The third-order valence-corrected chi connectivity index (χ3v) is 12.6. The van der Waals surface area contributed by atoms with Crippen LogP contribution in [0.25, 0.3) is 16.6 Å². The normalized spacial score (nSPS) is 18.2. The first-order valence-electron chi connectivity index (χ1n) is 14.0.